The van der Waals surface area contributed by atoms with E-state index < -0.39 is 7.32 Å². The van der Waals surface area contributed by atoms with Crippen LogP contribution in [0.25, 0.3) is 0 Å². The van der Waals surface area contributed by atoms with Gasteiger partial charge in [-0.2, -0.15) is 11.8 Å². The zero-order valence-corrected chi connectivity index (χ0v) is 9.87. The minimum absolute atomic E-state index is 0.170. The molecule has 0 aromatic heterocycles. The van der Waals surface area contributed by atoms with Crippen LogP contribution in [0.15, 0.2) is 0 Å². The van der Waals surface area contributed by atoms with E-state index in [1.807, 2.05) is 11.8 Å². The lowest BCUT2D eigenvalue weighted by Gasteiger charge is -2.05. The highest BCUT2D eigenvalue weighted by atomic mass is 32.2. The van der Waals surface area contributed by atoms with Crippen molar-refractivity contribution in [1.82, 2.24) is 0 Å². The lowest BCUT2D eigenvalue weighted by atomic mass is 10.3. The van der Waals surface area contributed by atoms with Crippen molar-refractivity contribution in [3.8, 4) is 0 Å². The van der Waals surface area contributed by atoms with Crippen LogP contribution in [0.4, 0.5) is 0 Å². The van der Waals surface area contributed by atoms with E-state index in [9.17, 15) is 0 Å². The molecule has 0 aromatic rings. The van der Waals surface area contributed by atoms with Gasteiger partial charge in [-0.25, -0.2) is 0 Å². The first-order valence-corrected chi connectivity index (χ1v) is 6.13. The van der Waals surface area contributed by atoms with E-state index >= 15 is 0 Å². The summed E-state index contributed by atoms with van der Waals surface area (Å²) in [4.78, 5) is 0. The zero-order chi connectivity index (χ0) is 11.4. The molecule has 0 atom stereocenters. The maximum Gasteiger partial charge on any atom is 0.633 e. The monoisotopic (exact) mass is 238 g/mol. The minimum Gasteiger partial charge on any atom is -0.402 e. The summed E-state index contributed by atoms with van der Waals surface area (Å²) in [6, 6.07) is 0. The van der Waals surface area contributed by atoms with Gasteiger partial charge in [0.2, 0.25) is 0 Å². The largest absolute Gasteiger partial charge is 0.633 e. The molecule has 0 spiro atoms. The molecule has 0 aliphatic rings. The third-order valence-corrected chi connectivity index (χ3v) is 2.31. The summed E-state index contributed by atoms with van der Waals surface area (Å²) in [5, 5.41) is 16.7. The van der Waals surface area contributed by atoms with Gasteiger partial charge >= 0.3 is 7.32 Å². The van der Waals surface area contributed by atoms with Gasteiger partial charge in [-0.1, -0.05) is 6.92 Å². The van der Waals surface area contributed by atoms with Crippen molar-refractivity contribution >= 4 is 19.1 Å². The Hall–Kier alpha value is 0.215. The molecule has 0 unspecified atom stereocenters. The fourth-order valence-electron chi connectivity index (χ4n) is 0.797. The number of hydrogen-bond donors (Lipinski definition) is 2. The fraction of sp³-hybridized carbons (Fsp3) is 1.00. The Labute approximate surface area is 95.3 Å². The van der Waals surface area contributed by atoms with Crippen LogP contribution in [0.5, 0.6) is 0 Å². The summed E-state index contributed by atoms with van der Waals surface area (Å²) >= 11 is 1.84. The number of thioether (sulfide) groups is 1. The third kappa shape index (κ3) is 14.2. The van der Waals surface area contributed by atoms with Gasteiger partial charge in [0.1, 0.15) is 0 Å². The van der Waals surface area contributed by atoms with Gasteiger partial charge in [0, 0.05) is 5.75 Å². The SMILES string of the molecule is CCSCCOCCOCCOB(O)O. The Morgan fingerprint density at radius 1 is 1.00 bits per heavy atom. The van der Waals surface area contributed by atoms with Gasteiger partial charge in [-0.05, 0) is 5.75 Å². The molecule has 0 bridgehead atoms. The van der Waals surface area contributed by atoms with Crippen LogP contribution in [0.2, 0.25) is 0 Å². The second kappa shape index (κ2) is 12.3. The van der Waals surface area contributed by atoms with Gasteiger partial charge in [-0.15, -0.1) is 0 Å². The molecular formula is C8H19BO5S. The van der Waals surface area contributed by atoms with E-state index in [4.69, 9.17) is 19.5 Å². The lowest BCUT2D eigenvalue weighted by Crippen LogP contribution is -2.20. The molecule has 7 heteroatoms. The molecule has 0 aliphatic carbocycles. The first kappa shape index (κ1) is 15.2. The van der Waals surface area contributed by atoms with Crippen LogP contribution < -0.4 is 0 Å². The van der Waals surface area contributed by atoms with E-state index in [-0.39, 0.29) is 6.61 Å². The molecule has 0 amide bonds. The molecule has 0 heterocycles. The molecule has 90 valence electrons. The Balaban J connectivity index is 2.87. The smallest absolute Gasteiger partial charge is 0.402 e. The number of hydrogen-bond acceptors (Lipinski definition) is 6. The molecule has 2 N–H and O–H groups in total. The van der Waals surface area contributed by atoms with Gasteiger partial charge in [0.15, 0.2) is 0 Å². The van der Waals surface area contributed by atoms with Crippen molar-refractivity contribution in [2.45, 2.75) is 6.92 Å². The van der Waals surface area contributed by atoms with Gasteiger partial charge in [0.05, 0.1) is 33.0 Å². The van der Waals surface area contributed by atoms with Gasteiger partial charge in [0.25, 0.3) is 0 Å². The average Bonchev–Trinajstić information content (AvgIpc) is 2.20. The molecule has 0 aliphatic heterocycles. The first-order valence-electron chi connectivity index (χ1n) is 4.98. The maximum absolute atomic E-state index is 8.33. The molecule has 0 fully saturated rings. The highest BCUT2D eigenvalue weighted by Crippen LogP contribution is 1.96. The van der Waals surface area contributed by atoms with Crippen molar-refractivity contribution in [1.29, 1.82) is 0 Å². The molecule has 0 rings (SSSR count). The van der Waals surface area contributed by atoms with Crippen LogP contribution in [-0.2, 0) is 14.1 Å². The van der Waals surface area contributed by atoms with Crippen molar-refractivity contribution in [3.63, 3.8) is 0 Å². The van der Waals surface area contributed by atoms with E-state index in [0.29, 0.717) is 19.8 Å². The number of ether oxygens (including phenoxy) is 2. The molecule has 0 saturated carbocycles. The van der Waals surface area contributed by atoms with E-state index in [2.05, 4.69) is 11.6 Å². The quantitative estimate of drug-likeness (QED) is 0.382. The Kier molecular flexibility index (Phi) is 12.5. The topological polar surface area (TPSA) is 68.2 Å². The summed E-state index contributed by atoms with van der Waals surface area (Å²) in [5.41, 5.74) is 0. The van der Waals surface area contributed by atoms with E-state index in [1.165, 1.54) is 0 Å². The van der Waals surface area contributed by atoms with Crippen molar-refractivity contribution in [2.75, 3.05) is 44.5 Å². The third-order valence-electron chi connectivity index (χ3n) is 1.44. The standard InChI is InChI=1S/C8H19BO5S/c1-2-15-8-7-13-4-3-12-5-6-14-9(10)11/h10-11H,2-8H2,1H3. The van der Waals surface area contributed by atoms with E-state index in [0.717, 1.165) is 18.1 Å². The van der Waals surface area contributed by atoms with Crippen LogP contribution in [0, 0.1) is 0 Å². The van der Waals surface area contributed by atoms with Crippen molar-refractivity contribution < 1.29 is 24.2 Å². The molecule has 15 heavy (non-hydrogen) atoms. The first-order chi connectivity index (χ1) is 7.27. The Morgan fingerprint density at radius 3 is 2.20 bits per heavy atom. The Morgan fingerprint density at radius 2 is 1.60 bits per heavy atom. The second-order valence-electron chi connectivity index (χ2n) is 2.62. The fourth-order valence-corrected chi connectivity index (χ4v) is 1.32. The average molecular weight is 238 g/mol. The maximum atomic E-state index is 8.33. The highest BCUT2D eigenvalue weighted by Gasteiger charge is 2.06. The van der Waals surface area contributed by atoms with Crippen LogP contribution in [0.1, 0.15) is 6.92 Å². The molecule has 0 saturated heterocycles. The van der Waals surface area contributed by atoms with Crippen LogP contribution in [-0.4, -0.2) is 61.9 Å². The molecule has 0 aromatic carbocycles. The summed E-state index contributed by atoms with van der Waals surface area (Å²) < 4.78 is 14.8. The predicted molar refractivity (Wildman–Crippen MR) is 60.8 cm³/mol. The van der Waals surface area contributed by atoms with Gasteiger partial charge < -0.3 is 24.2 Å². The van der Waals surface area contributed by atoms with Crippen molar-refractivity contribution in [2.24, 2.45) is 0 Å². The summed E-state index contributed by atoms with van der Waals surface area (Å²) in [6.07, 6.45) is 0. The predicted octanol–water partition coefficient (Wildman–Crippen LogP) is -0.241. The molecule has 0 radical (unpaired) electrons. The highest BCUT2D eigenvalue weighted by molar-refractivity contribution is 7.99. The van der Waals surface area contributed by atoms with Gasteiger partial charge in [-0.3, -0.25) is 0 Å². The Bertz CT molecular complexity index is 128. The van der Waals surface area contributed by atoms with Crippen molar-refractivity contribution in [3.05, 3.63) is 0 Å². The second-order valence-corrected chi connectivity index (χ2v) is 4.01. The zero-order valence-electron chi connectivity index (χ0n) is 9.05. The summed E-state index contributed by atoms with van der Waals surface area (Å²) in [6.45, 7) is 4.43. The van der Waals surface area contributed by atoms with Crippen LogP contribution >= 0.6 is 11.8 Å². The summed E-state index contributed by atoms with van der Waals surface area (Å²) in [7, 11) is -1.71. The molecule has 5 nitrogen and oxygen atoms in total. The minimum atomic E-state index is -1.71. The lowest BCUT2D eigenvalue weighted by molar-refractivity contribution is 0.0340. The number of rotatable bonds is 11. The summed E-state index contributed by atoms with van der Waals surface area (Å²) in [5.74, 6) is 2.12. The van der Waals surface area contributed by atoms with E-state index in [1.54, 1.807) is 0 Å². The molecular weight excluding hydrogens is 219 g/mol. The normalized spacial score (nSPS) is 10.6. The van der Waals surface area contributed by atoms with Crippen LogP contribution in [0.3, 0.4) is 0 Å².